The highest BCUT2D eigenvalue weighted by atomic mass is 16.2. The predicted molar refractivity (Wildman–Crippen MR) is 132 cm³/mol. The lowest BCUT2D eigenvalue weighted by Crippen LogP contribution is -2.44. The Bertz CT molecular complexity index is 1470. The highest BCUT2D eigenvalue weighted by Gasteiger charge is 2.26. The van der Waals surface area contributed by atoms with Gasteiger partial charge in [0.05, 0.1) is 23.3 Å². The molecule has 178 valence electrons. The maximum Gasteiger partial charge on any atom is 0.332 e. The number of piperidine rings is 1. The van der Waals surface area contributed by atoms with E-state index in [2.05, 4.69) is 21.8 Å². The van der Waals surface area contributed by atoms with Crippen molar-refractivity contribution in [1.29, 1.82) is 0 Å². The molecule has 4 aromatic rings. The van der Waals surface area contributed by atoms with Gasteiger partial charge in [0.2, 0.25) is 5.95 Å². The van der Waals surface area contributed by atoms with E-state index in [0.717, 1.165) is 49.2 Å². The number of anilines is 1. The molecule has 0 spiro atoms. The molecule has 4 aromatic heterocycles. The molecular formula is C24H30N8O2. The van der Waals surface area contributed by atoms with Gasteiger partial charge in [-0.25, -0.2) is 9.78 Å². The Morgan fingerprint density at radius 1 is 1.12 bits per heavy atom. The van der Waals surface area contributed by atoms with Gasteiger partial charge in [0.1, 0.15) is 0 Å². The molecule has 1 unspecified atom stereocenters. The van der Waals surface area contributed by atoms with Gasteiger partial charge < -0.3 is 15.2 Å². The lowest BCUT2D eigenvalue weighted by molar-refractivity contribution is 0.491. The highest BCUT2D eigenvalue weighted by molar-refractivity contribution is 5.75. The van der Waals surface area contributed by atoms with Gasteiger partial charge in [-0.3, -0.25) is 18.9 Å². The number of aromatic nitrogens is 6. The molecule has 1 aliphatic rings. The fourth-order valence-corrected chi connectivity index (χ4v) is 4.71. The lowest BCUT2D eigenvalue weighted by atomic mass is 10.1. The zero-order chi connectivity index (χ0) is 23.8. The van der Waals surface area contributed by atoms with E-state index in [0.29, 0.717) is 29.9 Å². The van der Waals surface area contributed by atoms with Gasteiger partial charge in [-0.1, -0.05) is 13.3 Å². The first-order valence-corrected chi connectivity index (χ1v) is 11.9. The van der Waals surface area contributed by atoms with Crippen molar-refractivity contribution >= 4 is 28.1 Å². The van der Waals surface area contributed by atoms with Crippen LogP contribution in [-0.2, 0) is 20.1 Å². The summed E-state index contributed by atoms with van der Waals surface area (Å²) in [7, 11) is 1.67. The fourth-order valence-electron chi connectivity index (χ4n) is 4.71. The number of hydrogen-bond donors (Lipinski definition) is 1. The summed E-state index contributed by atoms with van der Waals surface area (Å²) < 4.78 is 4.70. The molecule has 0 amide bonds. The van der Waals surface area contributed by atoms with Crippen molar-refractivity contribution in [3.63, 3.8) is 0 Å². The maximum absolute atomic E-state index is 13.7. The summed E-state index contributed by atoms with van der Waals surface area (Å²) in [5.74, 6) is 0.721. The molecule has 1 atom stereocenters. The molecule has 10 nitrogen and oxygen atoms in total. The van der Waals surface area contributed by atoms with E-state index in [1.165, 1.54) is 9.13 Å². The average molecular weight is 463 g/mol. The molecule has 0 aliphatic carbocycles. The second-order valence-electron chi connectivity index (χ2n) is 9.01. The van der Waals surface area contributed by atoms with Gasteiger partial charge in [0.25, 0.3) is 5.56 Å². The van der Waals surface area contributed by atoms with E-state index in [4.69, 9.17) is 10.7 Å². The third-order valence-corrected chi connectivity index (χ3v) is 6.52. The number of aryl methyl sites for hydroxylation is 2. The molecule has 5 rings (SSSR count). The van der Waals surface area contributed by atoms with Gasteiger partial charge in [-0.05, 0) is 43.5 Å². The zero-order valence-corrected chi connectivity index (χ0v) is 19.6. The summed E-state index contributed by atoms with van der Waals surface area (Å²) in [6.07, 6.45) is 5.55. The van der Waals surface area contributed by atoms with Gasteiger partial charge in [-0.15, -0.1) is 0 Å². The predicted octanol–water partition coefficient (Wildman–Crippen LogP) is 1.62. The van der Waals surface area contributed by atoms with E-state index >= 15 is 0 Å². The van der Waals surface area contributed by atoms with Gasteiger partial charge in [-0.2, -0.15) is 4.98 Å². The van der Waals surface area contributed by atoms with Crippen LogP contribution in [0.2, 0.25) is 0 Å². The Morgan fingerprint density at radius 2 is 1.97 bits per heavy atom. The molecule has 10 heteroatoms. The molecule has 1 fully saturated rings. The fraction of sp³-hybridized carbons (Fsp3) is 0.458. The number of hydrogen-bond acceptors (Lipinski definition) is 7. The monoisotopic (exact) mass is 462 g/mol. The van der Waals surface area contributed by atoms with E-state index < -0.39 is 5.69 Å². The Labute approximate surface area is 196 Å². The van der Waals surface area contributed by atoms with E-state index in [-0.39, 0.29) is 18.1 Å². The van der Waals surface area contributed by atoms with Crippen molar-refractivity contribution in [3.05, 3.63) is 57.0 Å². The Kier molecular flexibility index (Phi) is 5.91. The van der Waals surface area contributed by atoms with Crippen LogP contribution in [0.1, 0.15) is 38.3 Å². The zero-order valence-electron chi connectivity index (χ0n) is 19.6. The minimum Gasteiger partial charge on any atom is -0.341 e. The highest BCUT2D eigenvalue weighted by Crippen LogP contribution is 2.23. The van der Waals surface area contributed by atoms with Gasteiger partial charge in [0, 0.05) is 38.9 Å². The topological polar surface area (TPSA) is 117 Å². The van der Waals surface area contributed by atoms with Gasteiger partial charge >= 0.3 is 5.69 Å². The minimum absolute atomic E-state index is 0.0714. The van der Waals surface area contributed by atoms with Crippen LogP contribution in [0.3, 0.4) is 0 Å². The number of fused-ring (bicyclic) bond motifs is 2. The summed E-state index contributed by atoms with van der Waals surface area (Å²) in [5.41, 5.74) is 8.45. The summed E-state index contributed by atoms with van der Waals surface area (Å²) in [6.45, 7) is 4.37. The van der Waals surface area contributed by atoms with E-state index in [1.807, 2.05) is 22.8 Å². The largest absolute Gasteiger partial charge is 0.341 e. The smallest absolute Gasteiger partial charge is 0.332 e. The summed E-state index contributed by atoms with van der Waals surface area (Å²) in [6, 6.07) is 7.42. The summed E-state index contributed by atoms with van der Waals surface area (Å²) in [4.78, 5) is 42.8. The first-order valence-electron chi connectivity index (χ1n) is 11.9. The standard InChI is InChI=1S/C24H30N8O2/c1-3-4-13-31-20-21(28-23(31)30-12-6-7-16(25)14-30)29(2)24(34)32(22(20)33)15-17-9-10-18-19(27-17)8-5-11-26-18/h5,8-11,16H,3-4,6-7,12-15,25H2,1-2H3. The summed E-state index contributed by atoms with van der Waals surface area (Å²) >= 11 is 0. The lowest BCUT2D eigenvalue weighted by Gasteiger charge is -2.31. The average Bonchev–Trinajstić information content (AvgIpc) is 3.23. The normalized spacial score (nSPS) is 16.6. The Morgan fingerprint density at radius 3 is 2.76 bits per heavy atom. The van der Waals surface area contributed by atoms with Crippen LogP contribution in [0, 0.1) is 0 Å². The minimum atomic E-state index is -0.410. The van der Waals surface area contributed by atoms with Crippen LogP contribution >= 0.6 is 0 Å². The van der Waals surface area contributed by atoms with Crippen molar-refractivity contribution in [2.24, 2.45) is 12.8 Å². The first kappa shape index (κ1) is 22.3. The van der Waals surface area contributed by atoms with Crippen LogP contribution in [0.15, 0.2) is 40.1 Å². The number of rotatable bonds is 6. The van der Waals surface area contributed by atoms with Crippen LogP contribution in [-0.4, -0.2) is 47.8 Å². The molecule has 34 heavy (non-hydrogen) atoms. The van der Waals surface area contributed by atoms with E-state index in [1.54, 1.807) is 19.3 Å². The molecule has 0 saturated carbocycles. The Hall–Kier alpha value is -3.53. The van der Waals surface area contributed by atoms with Crippen molar-refractivity contribution in [2.45, 2.75) is 51.7 Å². The van der Waals surface area contributed by atoms with Crippen LogP contribution in [0.25, 0.3) is 22.2 Å². The number of imidazole rings is 1. The van der Waals surface area contributed by atoms with Crippen molar-refractivity contribution in [2.75, 3.05) is 18.0 Å². The quantitative estimate of drug-likeness (QED) is 0.463. The molecule has 0 radical (unpaired) electrons. The van der Waals surface area contributed by atoms with Crippen molar-refractivity contribution in [3.8, 4) is 0 Å². The molecule has 1 saturated heterocycles. The van der Waals surface area contributed by atoms with E-state index in [9.17, 15) is 9.59 Å². The van der Waals surface area contributed by atoms with Crippen LogP contribution in [0.5, 0.6) is 0 Å². The molecule has 2 N–H and O–H groups in total. The summed E-state index contributed by atoms with van der Waals surface area (Å²) in [5, 5.41) is 0. The SMILES string of the molecule is CCCCn1c(N2CCCC(N)C2)nc2c1c(=O)n(Cc1ccc3ncccc3n1)c(=O)n2C. The number of nitrogens with two attached hydrogens (primary N) is 1. The molecule has 5 heterocycles. The van der Waals surface area contributed by atoms with Crippen molar-refractivity contribution in [1.82, 2.24) is 28.7 Å². The molecule has 0 bridgehead atoms. The molecule has 1 aliphatic heterocycles. The first-order chi connectivity index (χ1) is 16.5. The molecule has 0 aromatic carbocycles. The second kappa shape index (κ2) is 9.02. The van der Waals surface area contributed by atoms with Crippen molar-refractivity contribution < 1.29 is 0 Å². The number of pyridine rings is 2. The second-order valence-corrected chi connectivity index (χ2v) is 9.01. The Balaban J connectivity index is 1.65. The maximum atomic E-state index is 13.7. The number of unbranched alkanes of at least 4 members (excludes halogenated alkanes) is 1. The molecular weight excluding hydrogens is 432 g/mol. The van der Waals surface area contributed by atoms with Crippen LogP contribution < -0.4 is 21.9 Å². The van der Waals surface area contributed by atoms with Crippen LogP contribution in [0.4, 0.5) is 5.95 Å². The third kappa shape index (κ3) is 3.87. The third-order valence-electron chi connectivity index (χ3n) is 6.52. The van der Waals surface area contributed by atoms with Gasteiger partial charge in [0.15, 0.2) is 11.2 Å². The number of nitrogens with zero attached hydrogens (tertiary/aromatic N) is 7.